The lowest BCUT2D eigenvalue weighted by Crippen LogP contribution is -2.37. The molecule has 0 aliphatic carbocycles. The highest BCUT2D eigenvalue weighted by Gasteiger charge is 2.33. The zero-order valence-electron chi connectivity index (χ0n) is 13.9. The molecule has 1 fully saturated rings. The van der Waals surface area contributed by atoms with Gasteiger partial charge >= 0.3 is 5.97 Å². The molecule has 2 heterocycles. The summed E-state index contributed by atoms with van der Waals surface area (Å²) in [5.41, 5.74) is 1.33. The summed E-state index contributed by atoms with van der Waals surface area (Å²) in [6.45, 7) is 2.08. The number of hydrogen-bond acceptors (Lipinski definition) is 4. The number of ether oxygens (including phenoxy) is 1. The summed E-state index contributed by atoms with van der Waals surface area (Å²) >= 11 is 5.71. The number of hydrogen-bond donors (Lipinski definition) is 2. The summed E-state index contributed by atoms with van der Waals surface area (Å²) in [5, 5.41) is 11.8. The monoisotopic (exact) mass is 381 g/mol. The van der Waals surface area contributed by atoms with Crippen LogP contribution in [0, 0.1) is 12.7 Å². The van der Waals surface area contributed by atoms with Crippen molar-refractivity contribution in [1.29, 1.82) is 0 Å². The van der Waals surface area contributed by atoms with Crippen molar-refractivity contribution in [1.82, 2.24) is 5.32 Å². The number of benzene rings is 1. The number of rotatable bonds is 5. The van der Waals surface area contributed by atoms with Crippen molar-refractivity contribution >= 4 is 23.5 Å². The van der Waals surface area contributed by atoms with Crippen LogP contribution in [0.4, 0.5) is 4.39 Å². The number of amides is 1. The summed E-state index contributed by atoms with van der Waals surface area (Å²) in [5.74, 6) is -1.99. The maximum absolute atomic E-state index is 13.7. The minimum absolute atomic E-state index is 0.0136. The van der Waals surface area contributed by atoms with Crippen molar-refractivity contribution in [2.75, 3.05) is 6.61 Å². The highest BCUT2D eigenvalue weighted by atomic mass is 35.5. The Bertz CT molecular complexity index is 850. The van der Waals surface area contributed by atoms with Gasteiger partial charge in [0.25, 0.3) is 5.91 Å². The Morgan fingerprint density at radius 2 is 2.19 bits per heavy atom. The van der Waals surface area contributed by atoms with E-state index in [4.69, 9.17) is 25.9 Å². The Hall–Kier alpha value is -2.38. The summed E-state index contributed by atoms with van der Waals surface area (Å²) in [6, 6.07) is 4.00. The molecule has 138 valence electrons. The van der Waals surface area contributed by atoms with E-state index < -0.39 is 23.8 Å². The molecule has 1 aromatic heterocycles. The van der Waals surface area contributed by atoms with Crippen LogP contribution >= 0.6 is 11.6 Å². The van der Waals surface area contributed by atoms with Gasteiger partial charge in [-0.2, -0.15) is 0 Å². The Morgan fingerprint density at radius 1 is 1.42 bits per heavy atom. The Kier molecular flexibility index (Phi) is 5.29. The fourth-order valence-electron chi connectivity index (χ4n) is 3.07. The van der Waals surface area contributed by atoms with Crippen molar-refractivity contribution in [3.63, 3.8) is 0 Å². The fourth-order valence-corrected chi connectivity index (χ4v) is 3.18. The average Bonchev–Trinajstić information content (AvgIpc) is 3.16. The highest BCUT2D eigenvalue weighted by molar-refractivity contribution is 6.30. The summed E-state index contributed by atoms with van der Waals surface area (Å²) in [6.07, 6.45) is 1.00. The first-order valence-corrected chi connectivity index (χ1v) is 8.40. The molecule has 1 aliphatic rings. The highest BCUT2D eigenvalue weighted by Crippen LogP contribution is 2.31. The first kappa shape index (κ1) is 18.4. The normalized spacial score (nSPS) is 19.5. The number of carbonyl (C=O) groups excluding carboxylic acids is 1. The Balaban J connectivity index is 1.79. The minimum atomic E-state index is -1.09. The van der Waals surface area contributed by atoms with Gasteiger partial charge in [-0.25, -0.2) is 4.39 Å². The first-order chi connectivity index (χ1) is 12.4. The number of carboxylic acid groups (broad SMARTS) is 1. The van der Waals surface area contributed by atoms with E-state index in [1.165, 1.54) is 18.4 Å². The number of furan rings is 1. The fraction of sp³-hybridized carbons (Fsp3) is 0.333. The molecule has 0 spiro atoms. The van der Waals surface area contributed by atoms with Crippen LogP contribution < -0.4 is 5.32 Å². The zero-order valence-corrected chi connectivity index (χ0v) is 14.7. The van der Waals surface area contributed by atoms with Crippen LogP contribution in [0.1, 0.15) is 39.8 Å². The van der Waals surface area contributed by atoms with E-state index in [-0.39, 0.29) is 28.8 Å². The second-order valence-corrected chi connectivity index (χ2v) is 6.53. The van der Waals surface area contributed by atoms with E-state index in [1.54, 1.807) is 13.0 Å². The van der Waals surface area contributed by atoms with E-state index in [0.29, 0.717) is 24.2 Å². The van der Waals surface area contributed by atoms with Crippen LogP contribution in [-0.2, 0) is 16.0 Å². The molecular weight excluding hydrogens is 365 g/mol. The second kappa shape index (κ2) is 7.47. The van der Waals surface area contributed by atoms with Gasteiger partial charge in [-0.1, -0.05) is 17.7 Å². The molecule has 2 aromatic rings. The zero-order chi connectivity index (χ0) is 18.8. The lowest BCUT2D eigenvalue weighted by atomic mass is 10.0. The molecule has 2 unspecified atom stereocenters. The maximum atomic E-state index is 13.7. The standard InChI is InChI=1S/C18H17ClFNO5/c1-9-8-26-14(7-15(22)23)16(9)18(24)21-13-4-5-25-17(13)10-2-3-11(19)12(20)6-10/h2-3,6,8,13,17H,4-5,7H2,1H3,(H,21,24)(H,22,23). The van der Waals surface area contributed by atoms with Crippen molar-refractivity contribution in [3.05, 3.63) is 57.8 Å². The smallest absolute Gasteiger partial charge is 0.311 e. The molecule has 1 aromatic carbocycles. The third-order valence-corrected chi connectivity index (χ3v) is 4.58. The van der Waals surface area contributed by atoms with Gasteiger partial charge in [0.2, 0.25) is 0 Å². The van der Waals surface area contributed by atoms with Crippen LogP contribution in [0.5, 0.6) is 0 Å². The predicted molar refractivity (Wildman–Crippen MR) is 90.8 cm³/mol. The molecule has 1 saturated heterocycles. The molecule has 8 heteroatoms. The molecular formula is C18H17ClFNO5. The second-order valence-electron chi connectivity index (χ2n) is 6.12. The van der Waals surface area contributed by atoms with Crippen molar-refractivity contribution in [3.8, 4) is 0 Å². The average molecular weight is 382 g/mol. The van der Waals surface area contributed by atoms with Crippen molar-refractivity contribution in [2.45, 2.75) is 31.9 Å². The van der Waals surface area contributed by atoms with E-state index in [1.807, 2.05) is 0 Å². The number of aryl methyl sites for hydroxylation is 1. The number of nitrogens with one attached hydrogen (secondary N) is 1. The third kappa shape index (κ3) is 3.73. The van der Waals surface area contributed by atoms with Gasteiger partial charge in [-0.15, -0.1) is 0 Å². The molecule has 0 radical (unpaired) electrons. The molecule has 26 heavy (non-hydrogen) atoms. The van der Waals surface area contributed by atoms with Crippen LogP contribution in [0.25, 0.3) is 0 Å². The van der Waals surface area contributed by atoms with Crippen LogP contribution in [0.2, 0.25) is 5.02 Å². The predicted octanol–water partition coefficient (Wildman–Crippen LogP) is 3.27. The van der Waals surface area contributed by atoms with E-state index in [9.17, 15) is 14.0 Å². The van der Waals surface area contributed by atoms with E-state index in [0.717, 1.165) is 0 Å². The largest absolute Gasteiger partial charge is 0.481 e. The number of halogens is 2. The van der Waals surface area contributed by atoms with Crippen LogP contribution in [0.3, 0.4) is 0 Å². The van der Waals surface area contributed by atoms with Gasteiger partial charge in [0.1, 0.15) is 24.1 Å². The van der Waals surface area contributed by atoms with Crippen LogP contribution in [0.15, 0.2) is 28.9 Å². The number of aliphatic carboxylic acids is 1. The van der Waals surface area contributed by atoms with Gasteiger partial charge in [-0.05, 0) is 31.0 Å². The summed E-state index contributed by atoms with van der Waals surface area (Å²) < 4.78 is 24.6. The topological polar surface area (TPSA) is 88.8 Å². The quantitative estimate of drug-likeness (QED) is 0.829. The molecule has 3 rings (SSSR count). The molecule has 6 nitrogen and oxygen atoms in total. The summed E-state index contributed by atoms with van der Waals surface area (Å²) in [4.78, 5) is 23.6. The number of carboxylic acids is 1. The Morgan fingerprint density at radius 3 is 2.88 bits per heavy atom. The summed E-state index contributed by atoms with van der Waals surface area (Å²) in [7, 11) is 0. The third-order valence-electron chi connectivity index (χ3n) is 4.27. The van der Waals surface area contributed by atoms with Gasteiger partial charge in [0.05, 0.1) is 22.9 Å². The van der Waals surface area contributed by atoms with E-state index in [2.05, 4.69) is 5.32 Å². The lowest BCUT2D eigenvalue weighted by Gasteiger charge is -2.20. The minimum Gasteiger partial charge on any atom is -0.481 e. The van der Waals surface area contributed by atoms with Crippen molar-refractivity contribution < 1.29 is 28.2 Å². The van der Waals surface area contributed by atoms with Gasteiger partial charge in [0, 0.05) is 12.2 Å². The van der Waals surface area contributed by atoms with E-state index >= 15 is 0 Å². The van der Waals surface area contributed by atoms with Gasteiger partial charge in [-0.3, -0.25) is 9.59 Å². The van der Waals surface area contributed by atoms with Crippen molar-refractivity contribution in [2.24, 2.45) is 0 Å². The molecule has 2 atom stereocenters. The SMILES string of the molecule is Cc1coc(CC(=O)O)c1C(=O)NC1CCOC1c1ccc(Cl)c(F)c1. The Labute approximate surface area is 153 Å². The molecule has 0 bridgehead atoms. The molecule has 1 amide bonds. The lowest BCUT2D eigenvalue weighted by molar-refractivity contribution is -0.136. The number of carbonyl (C=O) groups is 2. The first-order valence-electron chi connectivity index (χ1n) is 8.03. The van der Waals surface area contributed by atoms with Gasteiger partial charge in [0.15, 0.2) is 0 Å². The maximum Gasteiger partial charge on any atom is 0.311 e. The van der Waals surface area contributed by atoms with Gasteiger partial charge < -0.3 is 19.6 Å². The molecule has 1 aliphatic heterocycles. The molecule has 2 N–H and O–H groups in total. The molecule has 0 saturated carbocycles. The van der Waals surface area contributed by atoms with Crippen LogP contribution in [-0.4, -0.2) is 29.6 Å².